The maximum atomic E-state index is 13.4. The fourth-order valence-corrected chi connectivity index (χ4v) is 3.20. The third kappa shape index (κ3) is 5.35. The van der Waals surface area contributed by atoms with Gasteiger partial charge >= 0.3 is 5.69 Å². The minimum Gasteiger partial charge on any atom is -0.464 e. The molecule has 0 bridgehead atoms. The number of amides is 1. The number of carbonyl (C=O) groups excluding carboxylic acids is 1. The second-order valence-electron chi connectivity index (χ2n) is 6.99. The number of nitrogens with zero attached hydrogens (tertiary/aromatic N) is 5. The van der Waals surface area contributed by atoms with Crippen molar-refractivity contribution < 1.29 is 23.2 Å². The number of benzene rings is 2. The molecule has 0 unspecified atom stereocenters. The van der Waals surface area contributed by atoms with E-state index in [1.165, 1.54) is 40.0 Å². The molecule has 2 heterocycles. The van der Waals surface area contributed by atoms with Crippen LogP contribution in [0, 0.1) is 21.7 Å². The van der Waals surface area contributed by atoms with Gasteiger partial charge in [-0.2, -0.15) is 10.2 Å². The van der Waals surface area contributed by atoms with Crippen LogP contribution < -0.4 is 10.1 Å². The van der Waals surface area contributed by atoms with E-state index in [2.05, 4.69) is 15.5 Å². The maximum Gasteiger partial charge on any atom is 0.311 e. The van der Waals surface area contributed by atoms with E-state index < -0.39 is 22.3 Å². The number of rotatable bonds is 8. The number of hydrogen-bond donors (Lipinski definition) is 1. The summed E-state index contributed by atoms with van der Waals surface area (Å²) in [6.45, 7) is -0.0634. The Bertz CT molecular complexity index is 1370. The van der Waals surface area contributed by atoms with E-state index in [-0.39, 0.29) is 41.4 Å². The summed E-state index contributed by atoms with van der Waals surface area (Å²) in [6.07, 6.45) is 2.89. The van der Waals surface area contributed by atoms with Crippen LogP contribution in [0.5, 0.6) is 5.75 Å². The summed E-state index contributed by atoms with van der Waals surface area (Å²) in [5, 5.41) is 22.0. The van der Waals surface area contributed by atoms with Gasteiger partial charge in [-0.05, 0) is 29.8 Å². The molecule has 0 saturated heterocycles. The molecule has 0 aliphatic heterocycles. The first-order valence-corrected chi connectivity index (χ1v) is 10.1. The number of aromatic nitrogens is 4. The molecule has 1 N–H and O–H groups in total. The Morgan fingerprint density at radius 1 is 1.12 bits per heavy atom. The number of nitro benzene ring substituents is 1. The van der Waals surface area contributed by atoms with Crippen LogP contribution in [0.1, 0.15) is 16.1 Å². The van der Waals surface area contributed by atoms with Gasteiger partial charge in [0.15, 0.2) is 18.2 Å². The molecule has 0 spiro atoms. The fourth-order valence-electron chi connectivity index (χ4n) is 3.00. The van der Waals surface area contributed by atoms with Crippen LogP contribution in [0.15, 0.2) is 60.9 Å². The summed E-state index contributed by atoms with van der Waals surface area (Å²) in [6, 6.07) is 10.2. The van der Waals surface area contributed by atoms with Crippen molar-refractivity contribution in [3.63, 3.8) is 0 Å². The molecule has 10 nitrogen and oxygen atoms in total. The molecule has 174 valence electrons. The number of nitrogens with one attached hydrogen (secondary N) is 1. The second-order valence-corrected chi connectivity index (χ2v) is 7.40. The van der Waals surface area contributed by atoms with Crippen LogP contribution in [0.2, 0.25) is 5.02 Å². The Hall–Kier alpha value is -4.32. The van der Waals surface area contributed by atoms with Crippen molar-refractivity contribution in [2.24, 2.45) is 0 Å². The highest BCUT2D eigenvalue weighted by Gasteiger charge is 2.18. The lowest BCUT2D eigenvalue weighted by Gasteiger charge is -2.07. The molecule has 2 aromatic carbocycles. The lowest BCUT2D eigenvalue weighted by atomic mass is 10.2. The first-order chi connectivity index (χ1) is 16.3. The van der Waals surface area contributed by atoms with Gasteiger partial charge in [0.25, 0.3) is 5.91 Å². The highest BCUT2D eigenvalue weighted by atomic mass is 35.5. The zero-order valence-electron chi connectivity index (χ0n) is 17.2. The monoisotopic (exact) mass is 488 g/mol. The first-order valence-electron chi connectivity index (χ1n) is 9.67. The van der Waals surface area contributed by atoms with E-state index >= 15 is 0 Å². The van der Waals surface area contributed by atoms with Gasteiger partial charge in [0.2, 0.25) is 5.75 Å². The van der Waals surface area contributed by atoms with Gasteiger partial charge in [0, 0.05) is 24.5 Å². The molecule has 0 radical (unpaired) electrons. The predicted octanol–water partition coefficient (Wildman–Crippen LogP) is 4.26. The van der Waals surface area contributed by atoms with Gasteiger partial charge in [-0.15, -0.1) is 0 Å². The normalized spacial score (nSPS) is 10.8. The van der Waals surface area contributed by atoms with E-state index in [1.807, 2.05) is 0 Å². The summed E-state index contributed by atoms with van der Waals surface area (Å²) in [5.74, 6) is -1.88. The third-order valence-corrected chi connectivity index (χ3v) is 4.80. The maximum absolute atomic E-state index is 13.4. The van der Waals surface area contributed by atoms with Gasteiger partial charge in [0.05, 0.1) is 11.5 Å². The Balaban J connectivity index is 1.40. The molecule has 2 aromatic heterocycles. The number of nitro groups is 1. The molecular formula is C21H15ClF2N6O4. The molecule has 1 amide bonds. The average Bonchev–Trinajstić information content (AvgIpc) is 3.39. The van der Waals surface area contributed by atoms with Gasteiger partial charge in [0.1, 0.15) is 16.7 Å². The zero-order valence-corrected chi connectivity index (χ0v) is 17.9. The Morgan fingerprint density at radius 3 is 2.68 bits per heavy atom. The summed E-state index contributed by atoms with van der Waals surface area (Å²) in [4.78, 5) is 22.9. The van der Waals surface area contributed by atoms with E-state index in [0.717, 1.165) is 18.2 Å². The van der Waals surface area contributed by atoms with E-state index in [4.69, 9.17) is 16.3 Å². The van der Waals surface area contributed by atoms with Crippen LogP contribution in [-0.4, -0.2) is 30.4 Å². The lowest BCUT2D eigenvalue weighted by Crippen LogP contribution is -2.15. The molecule has 34 heavy (non-hydrogen) atoms. The Labute approximate surface area is 195 Å². The van der Waals surface area contributed by atoms with Crippen molar-refractivity contribution in [3.05, 3.63) is 99.0 Å². The standard InChI is InChI=1S/C21H15ClF2N6O4/c22-16-11-29(10-13-2-1-3-14(23)8-13)27-20(16)25-21(31)17-6-7-28(26-17)12-34-19-9-15(24)4-5-18(19)30(32)33/h1-9,11H,10,12H2,(H,25,27,31). The molecule has 0 aliphatic rings. The average molecular weight is 489 g/mol. The number of carbonyl (C=O) groups is 1. The van der Waals surface area contributed by atoms with Crippen LogP contribution in [0.25, 0.3) is 0 Å². The van der Waals surface area contributed by atoms with Crippen molar-refractivity contribution >= 4 is 29.0 Å². The molecule has 0 fully saturated rings. The quantitative estimate of drug-likeness (QED) is 0.292. The van der Waals surface area contributed by atoms with Crippen LogP contribution in [-0.2, 0) is 13.3 Å². The SMILES string of the molecule is O=C(Nc1nn(Cc2cccc(F)c2)cc1Cl)c1ccn(COc2cc(F)ccc2[N+](=O)[O-])n1. The number of hydrogen-bond acceptors (Lipinski definition) is 6. The molecule has 4 rings (SSSR count). The number of halogens is 3. The molecule has 0 atom stereocenters. The Morgan fingerprint density at radius 2 is 1.91 bits per heavy atom. The molecule has 0 saturated carbocycles. The van der Waals surface area contributed by atoms with Gasteiger partial charge in [-0.3, -0.25) is 19.6 Å². The highest BCUT2D eigenvalue weighted by Crippen LogP contribution is 2.27. The highest BCUT2D eigenvalue weighted by molar-refractivity contribution is 6.33. The van der Waals surface area contributed by atoms with Crippen molar-refractivity contribution in [1.82, 2.24) is 19.6 Å². The van der Waals surface area contributed by atoms with Crippen LogP contribution in [0.3, 0.4) is 0 Å². The fraction of sp³-hybridized carbons (Fsp3) is 0.0952. The van der Waals surface area contributed by atoms with E-state index in [0.29, 0.717) is 5.56 Å². The molecular weight excluding hydrogens is 474 g/mol. The van der Waals surface area contributed by atoms with E-state index in [1.54, 1.807) is 12.1 Å². The lowest BCUT2D eigenvalue weighted by molar-refractivity contribution is -0.386. The van der Waals surface area contributed by atoms with Gasteiger partial charge in [-0.1, -0.05) is 23.7 Å². The van der Waals surface area contributed by atoms with Crippen molar-refractivity contribution in [3.8, 4) is 5.75 Å². The largest absolute Gasteiger partial charge is 0.464 e. The molecule has 4 aromatic rings. The molecule has 0 aliphatic carbocycles. The summed E-state index contributed by atoms with van der Waals surface area (Å²) in [5.41, 5.74) is 0.248. The predicted molar refractivity (Wildman–Crippen MR) is 117 cm³/mol. The topological polar surface area (TPSA) is 117 Å². The van der Waals surface area contributed by atoms with Crippen LogP contribution in [0.4, 0.5) is 20.3 Å². The summed E-state index contributed by atoms with van der Waals surface area (Å²) in [7, 11) is 0. The summed E-state index contributed by atoms with van der Waals surface area (Å²) < 4.78 is 34.7. The molecule has 13 heteroatoms. The first kappa shape index (κ1) is 22.9. The van der Waals surface area contributed by atoms with Crippen molar-refractivity contribution in [2.45, 2.75) is 13.3 Å². The number of ether oxygens (including phenoxy) is 1. The van der Waals surface area contributed by atoms with Crippen molar-refractivity contribution in [1.29, 1.82) is 0 Å². The second kappa shape index (κ2) is 9.67. The summed E-state index contributed by atoms with van der Waals surface area (Å²) >= 11 is 6.15. The Kier molecular flexibility index (Phi) is 6.50. The minimum absolute atomic E-state index is 0.00640. The van der Waals surface area contributed by atoms with Gasteiger partial charge in [-0.25, -0.2) is 13.5 Å². The van der Waals surface area contributed by atoms with E-state index in [9.17, 15) is 23.7 Å². The van der Waals surface area contributed by atoms with Crippen LogP contribution >= 0.6 is 11.6 Å². The van der Waals surface area contributed by atoms with Gasteiger partial charge < -0.3 is 10.1 Å². The number of anilines is 1. The minimum atomic E-state index is -0.700. The zero-order chi connectivity index (χ0) is 24.2. The smallest absolute Gasteiger partial charge is 0.311 e. The third-order valence-electron chi connectivity index (χ3n) is 4.53. The van der Waals surface area contributed by atoms with Crippen molar-refractivity contribution in [2.75, 3.05) is 5.32 Å².